The van der Waals surface area contributed by atoms with Crippen LogP contribution in [0.5, 0.6) is 0 Å². The van der Waals surface area contributed by atoms with Crippen molar-refractivity contribution in [3.8, 4) is 0 Å². The summed E-state index contributed by atoms with van der Waals surface area (Å²) < 4.78 is 2.08. The van der Waals surface area contributed by atoms with E-state index in [1.807, 2.05) is 12.5 Å². The molecule has 1 rings (SSSR count). The molecule has 12 heavy (non-hydrogen) atoms. The lowest BCUT2D eigenvalue weighted by molar-refractivity contribution is 0.522. The Bertz CT molecular complexity index is 220. The van der Waals surface area contributed by atoms with Crippen LogP contribution in [0, 0.1) is 5.92 Å². The zero-order valence-electron chi connectivity index (χ0n) is 7.53. The molecule has 1 aromatic rings. The molecule has 0 radical (unpaired) electrons. The predicted molar refractivity (Wildman–Crippen MR) is 52.2 cm³/mol. The van der Waals surface area contributed by atoms with Crippen LogP contribution in [-0.4, -0.2) is 9.55 Å². The summed E-state index contributed by atoms with van der Waals surface area (Å²) in [6, 6.07) is 0. The van der Waals surface area contributed by atoms with Crippen LogP contribution in [0.15, 0.2) is 12.5 Å². The Morgan fingerprint density at radius 2 is 2.25 bits per heavy atom. The summed E-state index contributed by atoms with van der Waals surface area (Å²) in [7, 11) is 0. The van der Waals surface area contributed by atoms with Gasteiger partial charge in [0.15, 0.2) is 0 Å². The third-order valence-electron chi connectivity index (χ3n) is 1.47. The van der Waals surface area contributed by atoms with Crippen LogP contribution >= 0.6 is 12.4 Å². The molecule has 1 heterocycles. The summed E-state index contributed by atoms with van der Waals surface area (Å²) in [5, 5.41) is 0. The Labute approximate surface area is 79.4 Å². The van der Waals surface area contributed by atoms with Crippen LogP contribution in [0.1, 0.15) is 19.5 Å². The molecule has 2 N–H and O–H groups in total. The maximum absolute atomic E-state index is 5.42. The van der Waals surface area contributed by atoms with Crippen molar-refractivity contribution < 1.29 is 0 Å². The highest BCUT2D eigenvalue weighted by atomic mass is 35.5. The predicted octanol–water partition coefficient (Wildman–Crippen LogP) is 1.42. The number of nitrogens with zero attached hydrogens (tertiary/aromatic N) is 2. The van der Waals surface area contributed by atoms with E-state index < -0.39 is 0 Å². The number of halogens is 1. The second kappa shape index (κ2) is 5.17. The molecule has 0 aromatic carbocycles. The number of hydrogen-bond acceptors (Lipinski definition) is 2. The van der Waals surface area contributed by atoms with E-state index >= 15 is 0 Å². The van der Waals surface area contributed by atoms with E-state index in [0.717, 1.165) is 12.2 Å². The van der Waals surface area contributed by atoms with Crippen molar-refractivity contribution in [1.29, 1.82) is 0 Å². The lowest BCUT2D eigenvalue weighted by atomic mass is 10.2. The Morgan fingerprint density at radius 3 is 2.67 bits per heavy atom. The third-order valence-corrected chi connectivity index (χ3v) is 1.47. The van der Waals surface area contributed by atoms with E-state index in [2.05, 4.69) is 23.4 Å². The monoisotopic (exact) mass is 189 g/mol. The van der Waals surface area contributed by atoms with E-state index in [1.165, 1.54) is 0 Å². The van der Waals surface area contributed by atoms with Gasteiger partial charge in [-0.25, -0.2) is 4.98 Å². The molecule has 1 aromatic heterocycles. The van der Waals surface area contributed by atoms with Crippen molar-refractivity contribution in [2.45, 2.75) is 26.9 Å². The first-order valence-electron chi connectivity index (χ1n) is 3.93. The van der Waals surface area contributed by atoms with Gasteiger partial charge in [-0.15, -0.1) is 12.4 Å². The molecule has 0 atom stereocenters. The maximum atomic E-state index is 5.42. The minimum atomic E-state index is 0. The molecule has 0 amide bonds. The Balaban J connectivity index is 0.00000121. The van der Waals surface area contributed by atoms with Crippen LogP contribution in [0.4, 0.5) is 0 Å². The minimum absolute atomic E-state index is 0. The zero-order valence-corrected chi connectivity index (χ0v) is 8.34. The Kier molecular flexibility index (Phi) is 4.93. The molecule has 0 aliphatic rings. The highest BCUT2D eigenvalue weighted by Gasteiger charge is 1.97. The summed E-state index contributed by atoms with van der Waals surface area (Å²) >= 11 is 0. The molecule has 3 nitrogen and oxygen atoms in total. The van der Waals surface area contributed by atoms with Crippen molar-refractivity contribution in [2.24, 2.45) is 11.7 Å². The van der Waals surface area contributed by atoms with Gasteiger partial charge in [-0.1, -0.05) is 13.8 Å². The molecule has 70 valence electrons. The molecule has 0 unspecified atom stereocenters. The molecule has 0 spiro atoms. The molecule has 0 saturated carbocycles. The average molecular weight is 190 g/mol. The smallest absolute Gasteiger partial charge is 0.0950 e. The van der Waals surface area contributed by atoms with Crippen LogP contribution in [0.2, 0.25) is 0 Å². The first-order valence-corrected chi connectivity index (χ1v) is 3.93. The summed E-state index contributed by atoms with van der Waals surface area (Å²) in [5.41, 5.74) is 6.38. The van der Waals surface area contributed by atoms with Gasteiger partial charge in [-0.05, 0) is 5.92 Å². The number of hydrogen-bond donors (Lipinski definition) is 1. The lowest BCUT2D eigenvalue weighted by Crippen LogP contribution is -2.01. The topological polar surface area (TPSA) is 43.8 Å². The number of aromatic nitrogens is 2. The van der Waals surface area contributed by atoms with Crippen LogP contribution in [0.3, 0.4) is 0 Å². The first kappa shape index (κ1) is 11.5. The Morgan fingerprint density at radius 1 is 1.58 bits per heavy atom. The van der Waals surface area contributed by atoms with Crippen LogP contribution in [0.25, 0.3) is 0 Å². The molecule has 0 aliphatic heterocycles. The fourth-order valence-electron chi connectivity index (χ4n) is 1.03. The van der Waals surface area contributed by atoms with Crippen LogP contribution < -0.4 is 5.73 Å². The van der Waals surface area contributed by atoms with Gasteiger partial charge in [0.1, 0.15) is 0 Å². The lowest BCUT2D eigenvalue weighted by Gasteiger charge is -2.03. The standard InChI is InChI=1S/C8H15N3.ClH/c1-7(2)4-11-5-8(3-9)10-6-11;/h5-7H,3-4,9H2,1-2H3;1H. The van der Waals surface area contributed by atoms with Gasteiger partial charge in [0.25, 0.3) is 0 Å². The van der Waals surface area contributed by atoms with Gasteiger partial charge in [-0.3, -0.25) is 0 Å². The maximum Gasteiger partial charge on any atom is 0.0950 e. The van der Waals surface area contributed by atoms with E-state index in [-0.39, 0.29) is 12.4 Å². The quantitative estimate of drug-likeness (QED) is 0.782. The number of imidazole rings is 1. The summed E-state index contributed by atoms with van der Waals surface area (Å²) in [5.74, 6) is 0.662. The molecule has 4 heteroatoms. The van der Waals surface area contributed by atoms with E-state index in [4.69, 9.17) is 5.73 Å². The highest BCUT2D eigenvalue weighted by Crippen LogP contribution is 2.00. The van der Waals surface area contributed by atoms with Gasteiger partial charge in [0.05, 0.1) is 12.0 Å². The number of nitrogens with two attached hydrogens (primary N) is 1. The average Bonchev–Trinajstić information content (AvgIpc) is 2.34. The highest BCUT2D eigenvalue weighted by molar-refractivity contribution is 5.85. The number of rotatable bonds is 3. The molecule has 0 aliphatic carbocycles. The van der Waals surface area contributed by atoms with E-state index in [9.17, 15) is 0 Å². The van der Waals surface area contributed by atoms with Crippen molar-refractivity contribution in [2.75, 3.05) is 0 Å². The van der Waals surface area contributed by atoms with Crippen LogP contribution in [-0.2, 0) is 13.1 Å². The molecule has 0 bridgehead atoms. The summed E-state index contributed by atoms with van der Waals surface area (Å²) in [4.78, 5) is 4.13. The third kappa shape index (κ3) is 3.24. The molecular weight excluding hydrogens is 174 g/mol. The fraction of sp³-hybridized carbons (Fsp3) is 0.625. The van der Waals surface area contributed by atoms with E-state index in [0.29, 0.717) is 12.5 Å². The Hall–Kier alpha value is -0.540. The van der Waals surface area contributed by atoms with Gasteiger partial charge >= 0.3 is 0 Å². The largest absolute Gasteiger partial charge is 0.337 e. The van der Waals surface area contributed by atoms with Gasteiger partial charge < -0.3 is 10.3 Å². The van der Waals surface area contributed by atoms with Crippen molar-refractivity contribution >= 4 is 12.4 Å². The summed E-state index contributed by atoms with van der Waals surface area (Å²) in [6.07, 6.45) is 3.84. The fourth-order valence-corrected chi connectivity index (χ4v) is 1.03. The normalized spacial score (nSPS) is 10.0. The van der Waals surface area contributed by atoms with E-state index in [1.54, 1.807) is 0 Å². The summed E-state index contributed by atoms with van der Waals surface area (Å²) in [6.45, 7) is 5.92. The molecular formula is C8H16ClN3. The first-order chi connectivity index (χ1) is 5.22. The van der Waals surface area contributed by atoms with Crippen molar-refractivity contribution in [3.05, 3.63) is 18.2 Å². The van der Waals surface area contributed by atoms with Crippen molar-refractivity contribution in [3.63, 3.8) is 0 Å². The van der Waals surface area contributed by atoms with Crippen molar-refractivity contribution in [1.82, 2.24) is 9.55 Å². The second-order valence-corrected chi connectivity index (χ2v) is 3.16. The SMILES string of the molecule is CC(C)Cn1cnc(CN)c1.Cl. The van der Waals surface area contributed by atoms with Gasteiger partial charge in [-0.2, -0.15) is 0 Å². The van der Waals surface area contributed by atoms with Gasteiger partial charge in [0, 0.05) is 19.3 Å². The zero-order chi connectivity index (χ0) is 8.27. The van der Waals surface area contributed by atoms with Gasteiger partial charge in [0.2, 0.25) is 0 Å². The molecule has 0 saturated heterocycles. The second-order valence-electron chi connectivity index (χ2n) is 3.16. The minimum Gasteiger partial charge on any atom is -0.337 e. The molecule has 0 fully saturated rings.